The predicted octanol–water partition coefficient (Wildman–Crippen LogP) is 3.33. The largest absolute Gasteiger partial charge is 0.480 e. The lowest BCUT2D eigenvalue weighted by Gasteiger charge is -2.10. The lowest BCUT2D eigenvalue weighted by atomic mass is 10.2. The highest BCUT2D eigenvalue weighted by molar-refractivity contribution is 9.10. The van der Waals surface area contributed by atoms with Crippen molar-refractivity contribution < 1.29 is 4.74 Å². The number of fused-ring (bicyclic) bond motifs is 1. The van der Waals surface area contributed by atoms with Crippen LogP contribution in [0, 0.1) is 0 Å². The molecule has 0 radical (unpaired) electrons. The molecule has 2 aromatic heterocycles. The average molecular weight is 326 g/mol. The Kier molecular flexibility index (Phi) is 3.22. The number of rotatable bonds is 2. The maximum Gasteiger partial charge on any atom is 0.223 e. The lowest BCUT2D eigenvalue weighted by Crippen LogP contribution is -2.09. The highest BCUT2D eigenvalue weighted by Gasteiger charge is 2.18. The molecule has 0 spiro atoms. The van der Waals surface area contributed by atoms with Crippen molar-refractivity contribution in [1.29, 1.82) is 0 Å². The van der Waals surface area contributed by atoms with Gasteiger partial charge in [-0.15, -0.1) is 11.3 Å². The van der Waals surface area contributed by atoms with E-state index in [2.05, 4.69) is 31.2 Å². The van der Waals surface area contributed by atoms with Crippen molar-refractivity contribution in [2.24, 2.45) is 0 Å². The number of halogens is 1. The molecule has 0 amide bonds. The first-order chi connectivity index (χ1) is 8.78. The Hall–Kier alpha value is -1.14. The van der Waals surface area contributed by atoms with Gasteiger partial charge in [-0.1, -0.05) is 0 Å². The van der Waals surface area contributed by atoms with Crippen molar-refractivity contribution >= 4 is 33.1 Å². The average Bonchev–Trinajstić information content (AvgIpc) is 2.82. The van der Waals surface area contributed by atoms with E-state index in [9.17, 15) is 0 Å². The molecule has 0 aromatic carbocycles. The first-order valence-electron chi connectivity index (χ1n) is 5.71. The van der Waals surface area contributed by atoms with E-state index in [1.54, 1.807) is 24.6 Å². The predicted molar refractivity (Wildman–Crippen MR) is 76.4 cm³/mol. The van der Waals surface area contributed by atoms with Gasteiger partial charge in [-0.25, -0.2) is 9.97 Å². The molecule has 18 heavy (non-hydrogen) atoms. The molecule has 2 aromatic rings. The van der Waals surface area contributed by atoms with Crippen LogP contribution in [0.4, 0.5) is 5.82 Å². The smallest absolute Gasteiger partial charge is 0.223 e. The monoisotopic (exact) mass is 325 g/mol. The molecule has 0 atom stereocenters. The second-order valence-corrected chi connectivity index (χ2v) is 6.03. The number of pyridine rings is 1. The summed E-state index contributed by atoms with van der Waals surface area (Å²) in [6, 6.07) is 2.00. The number of hydrogen-bond acceptors (Lipinski definition) is 5. The summed E-state index contributed by atoms with van der Waals surface area (Å²) in [4.78, 5) is 10.2. The summed E-state index contributed by atoms with van der Waals surface area (Å²) in [5.41, 5.74) is 0.938. The third kappa shape index (κ3) is 2.10. The fourth-order valence-corrected chi connectivity index (χ4v) is 3.39. The molecule has 0 aliphatic carbocycles. The summed E-state index contributed by atoms with van der Waals surface area (Å²) in [6.07, 6.45) is 4.00. The van der Waals surface area contributed by atoms with Crippen molar-refractivity contribution in [1.82, 2.24) is 9.97 Å². The number of nitrogens with zero attached hydrogens (tertiary/aromatic N) is 2. The summed E-state index contributed by atoms with van der Waals surface area (Å²) in [7, 11) is 1.63. The van der Waals surface area contributed by atoms with Gasteiger partial charge in [0, 0.05) is 22.1 Å². The van der Waals surface area contributed by atoms with Crippen molar-refractivity contribution in [3.63, 3.8) is 0 Å². The number of nitrogens with one attached hydrogen (secondary N) is 1. The molecule has 4 nitrogen and oxygen atoms in total. The van der Waals surface area contributed by atoms with Crippen LogP contribution in [0.1, 0.15) is 11.3 Å². The number of aromatic nitrogens is 2. The number of ether oxygens (including phenoxy) is 1. The molecule has 0 saturated heterocycles. The Labute approximate surface area is 118 Å². The van der Waals surface area contributed by atoms with E-state index in [0.717, 1.165) is 33.8 Å². The summed E-state index contributed by atoms with van der Waals surface area (Å²) >= 11 is 5.15. The van der Waals surface area contributed by atoms with Gasteiger partial charge >= 0.3 is 0 Å². The van der Waals surface area contributed by atoms with Crippen LogP contribution in [0.25, 0.3) is 10.6 Å². The van der Waals surface area contributed by atoms with Gasteiger partial charge in [0.25, 0.3) is 0 Å². The number of aryl methyl sites for hydroxylation is 1. The number of thiazole rings is 1. The molecule has 1 N–H and O–H groups in total. The molecule has 0 fully saturated rings. The molecule has 94 valence electrons. The number of hydrogen-bond donors (Lipinski definition) is 1. The van der Waals surface area contributed by atoms with Crippen LogP contribution in [0.5, 0.6) is 5.88 Å². The van der Waals surface area contributed by atoms with Gasteiger partial charge in [-0.2, -0.15) is 0 Å². The Bertz CT molecular complexity index is 561. The van der Waals surface area contributed by atoms with E-state index in [4.69, 9.17) is 4.74 Å². The van der Waals surface area contributed by atoms with Crippen LogP contribution >= 0.6 is 27.3 Å². The zero-order valence-corrected chi connectivity index (χ0v) is 12.3. The number of methoxy groups -OCH3 is 1. The zero-order valence-electron chi connectivity index (χ0n) is 9.86. The van der Waals surface area contributed by atoms with Crippen molar-refractivity contribution in [2.45, 2.75) is 12.8 Å². The van der Waals surface area contributed by atoms with Gasteiger partial charge in [0.15, 0.2) is 0 Å². The lowest BCUT2D eigenvalue weighted by molar-refractivity contribution is 0.399. The third-order valence-electron chi connectivity index (χ3n) is 2.81. The van der Waals surface area contributed by atoms with Crippen LogP contribution in [-0.4, -0.2) is 23.6 Å². The summed E-state index contributed by atoms with van der Waals surface area (Å²) in [5, 5.41) is 4.29. The molecule has 6 heteroatoms. The standard InChI is InChI=1S/C12H12BrN3OS/c1-17-11-8(5-7(13)6-15-11)12-16-10-9(18-12)3-2-4-14-10/h5-6,14H,2-4H2,1H3. The Balaban J connectivity index is 2.08. The van der Waals surface area contributed by atoms with Crippen molar-refractivity contribution in [3.8, 4) is 16.5 Å². The molecule has 1 aliphatic rings. The summed E-state index contributed by atoms with van der Waals surface area (Å²) < 4.78 is 6.23. The maximum atomic E-state index is 5.30. The first kappa shape index (κ1) is 11.9. The van der Waals surface area contributed by atoms with Crippen LogP contribution in [-0.2, 0) is 6.42 Å². The van der Waals surface area contributed by atoms with Gasteiger partial charge < -0.3 is 10.1 Å². The minimum absolute atomic E-state index is 0.615. The SMILES string of the molecule is COc1ncc(Br)cc1-c1nc2c(s1)CCCN2. The Morgan fingerprint density at radius 1 is 1.50 bits per heavy atom. The molecule has 1 aliphatic heterocycles. The van der Waals surface area contributed by atoms with Gasteiger partial charge in [0.05, 0.1) is 12.7 Å². The fourth-order valence-electron chi connectivity index (χ4n) is 1.97. The molecule has 3 rings (SSSR count). The van der Waals surface area contributed by atoms with E-state index in [0.29, 0.717) is 5.88 Å². The second kappa shape index (κ2) is 4.85. The zero-order chi connectivity index (χ0) is 12.5. The highest BCUT2D eigenvalue weighted by atomic mass is 79.9. The van der Waals surface area contributed by atoms with E-state index < -0.39 is 0 Å². The highest BCUT2D eigenvalue weighted by Crippen LogP contribution is 2.38. The van der Waals surface area contributed by atoms with Crippen LogP contribution in [0.15, 0.2) is 16.7 Å². The minimum atomic E-state index is 0.615. The quantitative estimate of drug-likeness (QED) is 0.919. The molecular formula is C12H12BrN3OS. The first-order valence-corrected chi connectivity index (χ1v) is 7.32. The van der Waals surface area contributed by atoms with Crippen molar-refractivity contribution in [3.05, 3.63) is 21.6 Å². The summed E-state index contributed by atoms with van der Waals surface area (Å²) in [6.45, 7) is 1.00. The van der Waals surface area contributed by atoms with Crippen LogP contribution in [0.2, 0.25) is 0 Å². The molecular weight excluding hydrogens is 314 g/mol. The van der Waals surface area contributed by atoms with Crippen LogP contribution < -0.4 is 10.1 Å². The molecule has 0 saturated carbocycles. The second-order valence-electron chi connectivity index (χ2n) is 4.03. The van der Waals surface area contributed by atoms with E-state index in [1.807, 2.05) is 6.07 Å². The summed E-state index contributed by atoms with van der Waals surface area (Å²) in [5.74, 6) is 1.63. The molecule has 0 unspecified atom stereocenters. The van der Waals surface area contributed by atoms with Gasteiger partial charge in [0.2, 0.25) is 5.88 Å². The molecule has 0 bridgehead atoms. The number of anilines is 1. The van der Waals surface area contributed by atoms with Crippen molar-refractivity contribution in [2.75, 3.05) is 19.0 Å². The van der Waals surface area contributed by atoms with Gasteiger partial charge in [-0.05, 0) is 34.8 Å². The van der Waals surface area contributed by atoms with Gasteiger partial charge in [0.1, 0.15) is 10.8 Å². The molecule has 3 heterocycles. The Morgan fingerprint density at radius 3 is 3.17 bits per heavy atom. The van der Waals surface area contributed by atoms with Crippen LogP contribution in [0.3, 0.4) is 0 Å². The van der Waals surface area contributed by atoms with E-state index in [1.165, 1.54) is 11.3 Å². The topological polar surface area (TPSA) is 47.0 Å². The fraction of sp³-hybridized carbons (Fsp3) is 0.333. The maximum absolute atomic E-state index is 5.30. The normalized spacial score (nSPS) is 13.9. The third-order valence-corrected chi connectivity index (χ3v) is 4.39. The van der Waals surface area contributed by atoms with E-state index >= 15 is 0 Å². The Morgan fingerprint density at radius 2 is 2.39 bits per heavy atom. The van der Waals surface area contributed by atoms with Gasteiger partial charge in [-0.3, -0.25) is 0 Å². The van der Waals surface area contributed by atoms with E-state index in [-0.39, 0.29) is 0 Å². The minimum Gasteiger partial charge on any atom is -0.480 e.